The Kier molecular flexibility index (Phi) is 7.97. The number of nitrogens with one attached hydrogen (secondary N) is 1. The second kappa shape index (κ2) is 9.46. The Morgan fingerprint density at radius 1 is 1.26 bits per heavy atom. The lowest BCUT2D eigenvalue weighted by molar-refractivity contribution is 0.185. The van der Waals surface area contributed by atoms with Crippen molar-refractivity contribution in [1.29, 1.82) is 0 Å². The summed E-state index contributed by atoms with van der Waals surface area (Å²) in [6.07, 6.45) is 0. The van der Waals surface area contributed by atoms with Gasteiger partial charge in [0.05, 0.1) is 13.2 Å². The summed E-state index contributed by atoms with van der Waals surface area (Å²) >= 11 is 0. The number of rotatable bonds is 5. The first-order valence-corrected chi connectivity index (χ1v) is 6.99. The average Bonchev–Trinajstić information content (AvgIpc) is 2.51. The summed E-state index contributed by atoms with van der Waals surface area (Å²) in [6, 6.07) is 12.6. The molecule has 0 heterocycles. The Hall–Kier alpha value is -1.67. The number of benzene rings is 2. The molecule has 0 spiro atoms. The van der Waals surface area contributed by atoms with Crippen LogP contribution in [0, 0.1) is 12.7 Å². The summed E-state index contributed by atoms with van der Waals surface area (Å²) in [5.74, 6) is 0.0952. The Bertz CT molecular complexity index is 677. The lowest BCUT2D eigenvalue weighted by atomic mass is 10.1. The van der Waals surface area contributed by atoms with Crippen LogP contribution in [0.5, 0.6) is 0 Å². The Morgan fingerprint density at radius 2 is 2.00 bits per heavy atom. The third-order valence-corrected chi connectivity index (χ3v) is 3.23. The molecule has 4 nitrogen and oxygen atoms in total. The molecular weight excluding hydrogens is 408 g/mol. The number of methoxy groups -OCH3 is 1. The monoisotopic (exact) mass is 429 g/mol. The highest BCUT2D eigenvalue weighted by molar-refractivity contribution is 14.0. The predicted octanol–water partition coefficient (Wildman–Crippen LogP) is 3.83. The molecule has 124 valence electrons. The van der Waals surface area contributed by atoms with Crippen LogP contribution in [0.2, 0.25) is 0 Å². The van der Waals surface area contributed by atoms with Gasteiger partial charge in [-0.3, -0.25) is 0 Å². The molecule has 0 aliphatic heterocycles. The van der Waals surface area contributed by atoms with Crippen LogP contribution >= 0.6 is 24.0 Å². The van der Waals surface area contributed by atoms with E-state index in [1.807, 2.05) is 24.3 Å². The fraction of sp³-hybridized carbons (Fsp3) is 0.235. The SMILES string of the molecule is COCc1ccccc1NC(N)=NCc1ccc(F)c(C)c1.I. The molecule has 2 aromatic carbocycles. The highest BCUT2D eigenvalue weighted by atomic mass is 127. The zero-order valence-electron chi connectivity index (χ0n) is 13.2. The average molecular weight is 429 g/mol. The molecule has 3 N–H and O–H groups in total. The van der Waals surface area contributed by atoms with Crippen molar-refractivity contribution in [3.63, 3.8) is 0 Å². The van der Waals surface area contributed by atoms with Crippen molar-refractivity contribution in [2.45, 2.75) is 20.1 Å². The molecular formula is C17H21FIN3O. The van der Waals surface area contributed by atoms with Gasteiger partial charge in [-0.05, 0) is 30.2 Å². The lowest BCUT2D eigenvalue weighted by Crippen LogP contribution is -2.23. The van der Waals surface area contributed by atoms with Crippen LogP contribution in [-0.2, 0) is 17.9 Å². The maximum Gasteiger partial charge on any atom is 0.193 e. The first kappa shape index (κ1) is 19.4. The van der Waals surface area contributed by atoms with E-state index in [0.29, 0.717) is 24.7 Å². The number of nitrogens with zero attached hydrogens (tertiary/aromatic N) is 1. The predicted molar refractivity (Wildman–Crippen MR) is 103 cm³/mol. The Labute approximate surface area is 153 Å². The largest absolute Gasteiger partial charge is 0.380 e. The van der Waals surface area contributed by atoms with E-state index in [1.165, 1.54) is 6.07 Å². The number of halogens is 2. The Morgan fingerprint density at radius 3 is 2.70 bits per heavy atom. The van der Waals surface area contributed by atoms with E-state index in [2.05, 4.69) is 10.3 Å². The summed E-state index contributed by atoms with van der Waals surface area (Å²) in [7, 11) is 1.64. The molecule has 0 saturated carbocycles. The van der Waals surface area contributed by atoms with Gasteiger partial charge in [-0.1, -0.05) is 30.3 Å². The minimum atomic E-state index is -0.215. The quantitative estimate of drug-likeness (QED) is 0.432. The van der Waals surface area contributed by atoms with Gasteiger partial charge >= 0.3 is 0 Å². The fourth-order valence-electron chi connectivity index (χ4n) is 2.08. The normalized spacial score (nSPS) is 11.0. The summed E-state index contributed by atoms with van der Waals surface area (Å²) in [5.41, 5.74) is 9.29. The number of hydrogen-bond donors (Lipinski definition) is 2. The van der Waals surface area contributed by atoms with Gasteiger partial charge in [-0.25, -0.2) is 9.38 Å². The standard InChI is InChI=1S/C17H20FN3O.HI/c1-12-9-13(7-8-15(12)18)10-20-17(19)21-16-6-4-3-5-14(16)11-22-2;/h3-9H,10-11H2,1-2H3,(H3,19,20,21);1H. The molecule has 0 saturated heterocycles. The van der Waals surface area contributed by atoms with Crippen molar-refractivity contribution in [2.24, 2.45) is 10.7 Å². The van der Waals surface area contributed by atoms with E-state index in [0.717, 1.165) is 16.8 Å². The minimum absolute atomic E-state index is 0. The first-order valence-electron chi connectivity index (χ1n) is 6.99. The second-order valence-corrected chi connectivity index (χ2v) is 5.00. The summed E-state index contributed by atoms with van der Waals surface area (Å²) in [5, 5.41) is 3.07. The highest BCUT2D eigenvalue weighted by Gasteiger charge is 2.03. The molecule has 0 radical (unpaired) electrons. The van der Waals surface area contributed by atoms with Crippen LogP contribution < -0.4 is 11.1 Å². The number of aliphatic imine (C=N–C) groups is 1. The summed E-state index contributed by atoms with van der Waals surface area (Å²) in [4.78, 5) is 4.28. The lowest BCUT2D eigenvalue weighted by Gasteiger charge is -2.11. The zero-order chi connectivity index (χ0) is 15.9. The number of aryl methyl sites for hydroxylation is 1. The van der Waals surface area contributed by atoms with E-state index < -0.39 is 0 Å². The molecule has 0 atom stereocenters. The van der Waals surface area contributed by atoms with Crippen LogP contribution in [0.1, 0.15) is 16.7 Å². The van der Waals surface area contributed by atoms with Gasteiger partial charge < -0.3 is 15.8 Å². The smallest absolute Gasteiger partial charge is 0.193 e. The molecule has 0 aliphatic carbocycles. The second-order valence-electron chi connectivity index (χ2n) is 5.00. The van der Waals surface area contributed by atoms with E-state index in [-0.39, 0.29) is 29.8 Å². The molecule has 23 heavy (non-hydrogen) atoms. The third-order valence-electron chi connectivity index (χ3n) is 3.23. The molecule has 0 bridgehead atoms. The summed E-state index contributed by atoms with van der Waals surface area (Å²) < 4.78 is 18.4. The van der Waals surface area contributed by atoms with Crippen LogP contribution in [0.4, 0.5) is 10.1 Å². The number of para-hydroxylation sites is 1. The van der Waals surface area contributed by atoms with Gasteiger partial charge in [0.2, 0.25) is 0 Å². The minimum Gasteiger partial charge on any atom is -0.380 e. The van der Waals surface area contributed by atoms with Gasteiger partial charge in [0.15, 0.2) is 5.96 Å². The highest BCUT2D eigenvalue weighted by Crippen LogP contribution is 2.15. The van der Waals surface area contributed by atoms with Crippen LogP contribution in [0.25, 0.3) is 0 Å². The molecule has 0 fully saturated rings. The number of nitrogens with two attached hydrogens (primary N) is 1. The number of anilines is 1. The topological polar surface area (TPSA) is 59.6 Å². The van der Waals surface area contributed by atoms with Gasteiger partial charge in [0.25, 0.3) is 0 Å². The van der Waals surface area contributed by atoms with Crippen LogP contribution in [0.3, 0.4) is 0 Å². The Balaban J connectivity index is 0.00000264. The zero-order valence-corrected chi connectivity index (χ0v) is 15.5. The number of hydrogen-bond acceptors (Lipinski definition) is 2. The van der Waals surface area contributed by atoms with E-state index >= 15 is 0 Å². The van der Waals surface area contributed by atoms with Crippen LogP contribution in [0.15, 0.2) is 47.5 Å². The van der Waals surface area contributed by atoms with Crippen molar-refractivity contribution in [1.82, 2.24) is 0 Å². The van der Waals surface area contributed by atoms with Gasteiger partial charge in [0, 0.05) is 18.4 Å². The molecule has 0 aliphatic rings. The molecule has 0 unspecified atom stereocenters. The van der Waals surface area contributed by atoms with Crippen molar-refractivity contribution in [3.05, 3.63) is 65.0 Å². The maximum absolute atomic E-state index is 13.2. The molecule has 6 heteroatoms. The third kappa shape index (κ3) is 5.80. The summed E-state index contributed by atoms with van der Waals surface area (Å²) in [6.45, 7) is 2.62. The maximum atomic E-state index is 13.2. The van der Waals surface area contributed by atoms with Crippen molar-refractivity contribution < 1.29 is 9.13 Å². The molecule has 2 aromatic rings. The van der Waals surface area contributed by atoms with E-state index in [9.17, 15) is 4.39 Å². The van der Waals surface area contributed by atoms with Gasteiger partial charge in [-0.2, -0.15) is 0 Å². The molecule has 0 aromatic heterocycles. The van der Waals surface area contributed by atoms with Crippen molar-refractivity contribution in [2.75, 3.05) is 12.4 Å². The van der Waals surface area contributed by atoms with E-state index in [1.54, 1.807) is 26.2 Å². The molecule has 2 rings (SSSR count). The van der Waals surface area contributed by atoms with E-state index in [4.69, 9.17) is 10.5 Å². The van der Waals surface area contributed by atoms with Gasteiger partial charge in [-0.15, -0.1) is 24.0 Å². The first-order chi connectivity index (χ1) is 10.6. The van der Waals surface area contributed by atoms with Gasteiger partial charge in [0.1, 0.15) is 5.82 Å². The van der Waals surface area contributed by atoms with Crippen LogP contribution in [-0.4, -0.2) is 13.1 Å². The molecule has 0 amide bonds. The van der Waals surface area contributed by atoms with Crippen molar-refractivity contribution >= 4 is 35.6 Å². The number of ether oxygens (including phenoxy) is 1. The fourth-order valence-corrected chi connectivity index (χ4v) is 2.08. The van der Waals surface area contributed by atoms with Crippen molar-refractivity contribution in [3.8, 4) is 0 Å². The number of guanidine groups is 1.